The smallest absolute Gasteiger partial charge is 0.338 e. The first-order valence-corrected chi connectivity index (χ1v) is 6.72. The molecular weight excluding hydrogens is 256 g/mol. The van der Waals surface area contributed by atoms with Crippen LogP contribution in [-0.2, 0) is 14.3 Å². The van der Waals surface area contributed by atoms with E-state index in [0.717, 1.165) is 11.1 Å². The van der Waals surface area contributed by atoms with Gasteiger partial charge in [-0.3, -0.25) is 4.79 Å². The molecule has 4 heteroatoms. The number of hydrogen-bond acceptors (Lipinski definition) is 4. The fourth-order valence-electron chi connectivity index (χ4n) is 1.59. The van der Waals surface area contributed by atoms with Gasteiger partial charge in [0.1, 0.15) is 0 Å². The van der Waals surface area contributed by atoms with Crippen molar-refractivity contribution in [3.8, 4) is 0 Å². The van der Waals surface area contributed by atoms with Crippen LogP contribution < -0.4 is 0 Å². The van der Waals surface area contributed by atoms with Gasteiger partial charge in [0, 0.05) is 6.92 Å². The third-order valence-electron chi connectivity index (χ3n) is 2.90. The number of carbonyl (C=O) groups excluding carboxylic acids is 2. The molecule has 0 aliphatic rings. The molecule has 0 amide bonds. The zero-order valence-electron chi connectivity index (χ0n) is 13.2. The molecule has 0 atom stereocenters. The second-order valence-electron chi connectivity index (χ2n) is 4.33. The fourth-order valence-corrected chi connectivity index (χ4v) is 1.59. The first kappa shape index (κ1) is 18.2. The standard InChI is InChI=1S/C12H16O2.C4H8O2/c1-5-14-12(13)11-7-6-8(2)9(3)10(11)4;1-3-6-4(2)5/h6-7H,5H2,1-4H3;3H2,1-2H3. The highest BCUT2D eigenvalue weighted by molar-refractivity contribution is 5.91. The molecule has 1 aromatic carbocycles. The molecule has 0 spiro atoms. The molecule has 1 aromatic rings. The molecule has 0 bridgehead atoms. The summed E-state index contributed by atoms with van der Waals surface area (Å²) in [5, 5.41) is 0. The van der Waals surface area contributed by atoms with Crippen LogP contribution in [0.4, 0.5) is 0 Å². The Hall–Kier alpha value is -1.84. The summed E-state index contributed by atoms with van der Waals surface area (Å²) in [5.74, 6) is -0.439. The molecule has 0 radical (unpaired) electrons. The highest BCUT2D eigenvalue weighted by Gasteiger charge is 2.11. The highest BCUT2D eigenvalue weighted by Crippen LogP contribution is 2.17. The third-order valence-corrected chi connectivity index (χ3v) is 2.90. The first-order valence-electron chi connectivity index (χ1n) is 6.72. The van der Waals surface area contributed by atoms with Crippen LogP contribution >= 0.6 is 0 Å². The molecule has 112 valence electrons. The lowest BCUT2D eigenvalue weighted by atomic mass is 9.99. The quantitative estimate of drug-likeness (QED) is 0.797. The lowest BCUT2D eigenvalue weighted by Gasteiger charge is -2.09. The van der Waals surface area contributed by atoms with Gasteiger partial charge in [-0.1, -0.05) is 6.07 Å². The van der Waals surface area contributed by atoms with Gasteiger partial charge in [0.2, 0.25) is 0 Å². The predicted octanol–water partition coefficient (Wildman–Crippen LogP) is 3.36. The van der Waals surface area contributed by atoms with E-state index in [1.54, 1.807) is 6.92 Å². The second-order valence-corrected chi connectivity index (χ2v) is 4.33. The Bertz CT molecular complexity index is 464. The molecule has 0 aromatic heterocycles. The Morgan fingerprint density at radius 3 is 1.90 bits per heavy atom. The fraction of sp³-hybridized carbons (Fsp3) is 0.500. The number of hydrogen-bond donors (Lipinski definition) is 0. The van der Waals surface area contributed by atoms with Crippen LogP contribution in [0.5, 0.6) is 0 Å². The summed E-state index contributed by atoms with van der Waals surface area (Å²) in [4.78, 5) is 21.3. The minimum Gasteiger partial charge on any atom is -0.466 e. The van der Waals surface area contributed by atoms with Crippen molar-refractivity contribution in [2.75, 3.05) is 13.2 Å². The molecule has 0 fully saturated rings. The lowest BCUT2D eigenvalue weighted by molar-refractivity contribution is -0.140. The van der Waals surface area contributed by atoms with Gasteiger partial charge in [-0.05, 0) is 57.4 Å². The largest absolute Gasteiger partial charge is 0.466 e. The van der Waals surface area contributed by atoms with Crippen molar-refractivity contribution in [1.29, 1.82) is 0 Å². The molecule has 0 aliphatic carbocycles. The molecule has 0 aliphatic heterocycles. The van der Waals surface area contributed by atoms with E-state index in [1.165, 1.54) is 12.5 Å². The van der Waals surface area contributed by atoms with Crippen molar-refractivity contribution in [3.05, 3.63) is 34.4 Å². The molecule has 0 saturated heterocycles. The number of aryl methyl sites for hydroxylation is 1. The molecule has 4 nitrogen and oxygen atoms in total. The van der Waals surface area contributed by atoms with E-state index in [2.05, 4.69) is 4.74 Å². The Morgan fingerprint density at radius 2 is 1.50 bits per heavy atom. The molecule has 0 heterocycles. The van der Waals surface area contributed by atoms with Crippen LogP contribution in [0.25, 0.3) is 0 Å². The average molecular weight is 280 g/mol. The number of benzene rings is 1. The van der Waals surface area contributed by atoms with Crippen LogP contribution in [0.3, 0.4) is 0 Å². The summed E-state index contributed by atoms with van der Waals surface area (Å²) in [6.45, 7) is 11.9. The molecule has 0 unspecified atom stereocenters. The number of carbonyl (C=O) groups is 2. The summed E-state index contributed by atoms with van der Waals surface area (Å²) in [6.07, 6.45) is 0. The zero-order valence-corrected chi connectivity index (χ0v) is 13.2. The number of esters is 2. The van der Waals surface area contributed by atoms with Crippen molar-refractivity contribution in [2.45, 2.75) is 41.5 Å². The molecular formula is C16H24O4. The molecule has 20 heavy (non-hydrogen) atoms. The van der Waals surface area contributed by atoms with E-state index >= 15 is 0 Å². The topological polar surface area (TPSA) is 52.6 Å². The SMILES string of the molecule is CCOC(=O)c1ccc(C)c(C)c1C.CCOC(C)=O. The van der Waals surface area contributed by atoms with Gasteiger partial charge in [-0.2, -0.15) is 0 Å². The molecule has 0 saturated carbocycles. The van der Waals surface area contributed by atoms with Crippen molar-refractivity contribution >= 4 is 11.9 Å². The normalized spacial score (nSPS) is 9.30. The molecule has 1 rings (SSSR count). The van der Waals surface area contributed by atoms with Crippen LogP contribution in [0.15, 0.2) is 12.1 Å². The summed E-state index contributed by atoms with van der Waals surface area (Å²) in [6, 6.07) is 3.78. The predicted molar refractivity (Wildman–Crippen MR) is 78.9 cm³/mol. The highest BCUT2D eigenvalue weighted by atomic mass is 16.5. The van der Waals surface area contributed by atoms with Crippen molar-refractivity contribution in [2.24, 2.45) is 0 Å². The van der Waals surface area contributed by atoms with Crippen LogP contribution in [0.2, 0.25) is 0 Å². The number of ether oxygens (including phenoxy) is 2. The summed E-state index contributed by atoms with van der Waals surface area (Å²) >= 11 is 0. The Balaban J connectivity index is 0.000000511. The van der Waals surface area contributed by atoms with Crippen LogP contribution in [-0.4, -0.2) is 25.2 Å². The Labute approximate surface area is 121 Å². The van der Waals surface area contributed by atoms with Gasteiger partial charge >= 0.3 is 11.9 Å². The van der Waals surface area contributed by atoms with Gasteiger partial charge in [-0.15, -0.1) is 0 Å². The van der Waals surface area contributed by atoms with Crippen LogP contribution in [0.1, 0.15) is 47.8 Å². The summed E-state index contributed by atoms with van der Waals surface area (Å²) in [7, 11) is 0. The zero-order chi connectivity index (χ0) is 15.7. The molecule has 0 N–H and O–H groups in total. The van der Waals surface area contributed by atoms with E-state index in [9.17, 15) is 9.59 Å². The number of rotatable bonds is 3. The first-order chi connectivity index (χ1) is 9.34. The van der Waals surface area contributed by atoms with Crippen molar-refractivity contribution < 1.29 is 19.1 Å². The Morgan fingerprint density at radius 1 is 0.950 bits per heavy atom. The van der Waals surface area contributed by atoms with Crippen molar-refractivity contribution in [3.63, 3.8) is 0 Å². The van der Waals surface area contributed by atoms with Gasteiger partial charge in [0.05, 0.1) is 18.8 Å². The van der Waals surface area contributed by atoms with Gasteiger partial charge in [0.15, 0.2) is 0 Å². The maximum absolute atomic E-state index is 11.5. The van der Waals surface area contributed by atoms with E-state index < -0.39 is 0 Å². The Kier molecular flexibility index (Phi) is 8.29. The average Bonchev–Trinajstić information content (AvgIpc) is 2.37. The van der Waals surface area contributed by atoms with E-state index in [-0.39, 0.29) is 11.9 Å². The minimum absolute atomic E-state index is 0.211. The van der Waals surface area contributed by atoms with Gasteiger partial charge < -0.3 is 9.47 Å². The van der Waals surface area contributed by atoms with E-state index in [0.29, 0.717) is 18.8 Å². The lowest BCUT2D eigenvalue weighted by Crippen LogP contribution is -2.08. The van der Waals surface area contributed by atoms with E-state index in [4.69, 9.17) is 4.74 Å². The maximum Gasteiger partial charge on any atom is 0.338 e. The van der Waals surface area contributed by atoms with Gasteiger partial charge in [-0.25, -0.2) is 4.79 Å². The van der Waals surface area contributed by atoms with Gasteiger partial charge in [0.25, 0.3) is 0 Å². The monoisotopic (exact) mass is 280 g/mol. The van der Waals surface area contributed by atoms with Crippen molar-refractivity contribution in [1.82, 2.24) is 0 Å². The summed E-state index contributed by atoms with van der Waals surface area (Å²) in [5.41, 5.74) is 4.06. The summed E-state index contributed by atoms with van der Waals surface area (Å²) < 4.78 is 9.37. The minimum atomic E-state index is -0.229. The third kappa shape index (κ3) is 5.87. The van der Waals surface area contributed by atoms with E-state index in [1.807, 2.05) is 39.8 Å². The maximum atomic E-state index is 11.5. The van der Waals surface area contributed by atoms with Crippen LogP contribution in [0, 0.1) is 20.8 Å². The second kappa shape index (κ2) is 9.13.